The SMILES string of the molecule is COc1cccc2cc(C(=O)N[C@@H](CO)C(=O)NCc3ccc(Cl)cc3)oc12. The maximum Gasteiger partial charge on any atom is 0.287 e. The first-order chi connectivity index (χ1) is 13.5. The fourth-order valence-electron chi connectivity index (χ4n) is 2.65. The number of aliphatic hydroxyl groups is 1. The fraction of sp³-hybridized carbons (Fsp3) is 0.200. The van der Waals surface area contributed by atoms with Gasteiger partial charge < -0.3 is 24.9 Å². The van der Waals surface area contributed by atoms with E-state index >= 15 is 0 Å². The molecule has 8 heteroatoms. The Labute approximate surface area is 166 Å². The highest BCUT2D eigenvalue weighted by atomic mass is 35.5. The van der Waals surface area contributed by atoms with Crippen LogP contribution in [0.1, 0.15) is 16.1 Å². The fourth-order valence-corrected chi connectivity index (χ4v) is 2.77. The van der Waals surface area contributed by atoms with E-state index in [0.29, 0.717) is 21.7 Å². The van der Waals surface area contributed by atoms with Gasteiger partial charge in [-0.05, 0) is 29.8 Å². The first-order valence-electron chi connectivity index (χ1n) is 8.52. The Kier molecular flexibility index (Phi) is 6.18. The molecule has 3 N–H and O–H groups in total. The predicted molar refractivity (Wildman–Crippen MR) is 104 cm³/mol. The van der Waals surface area contributed by atoms with Gasteiger partial charge in [0, 0.05) is 17.0 Å². The van der Waals surface area contributed by atoms with Gasteiger partial charge >= 0.3 is 0 Å². The quantitative estimate of drug-likeness (QED) is 0.563. The van der Waals surface area contributed by atoms with E-state index in [-0.39, 0.29) is 12.3 Å². The molecule has 3 aromatic rings. The molecule has 3 rings (SSSR count). The first kappa shape index (κ1) is 19.7. The lowest BCUT2D eigenvalue weighted by molar-refractivity contribution is -0.124. The summed E-state index contributed by atoms with van der Waals surface area (Å²) in [5.41, 5.74) is 1.27. The summed E-state index contributed by atoms with van der Waals surface area (Å²) in [5, 5.41) is 15.9. The molecule has 2 aromatic carbocycles. The van der Waals surface area contributed by atoms with E-state index in [9.17, 15) is 14.7 Å². The zero-order valence-electron chi connectivity index (χ0n) is 15.1. The van der Waals surface area contributed by atoms with Gasteiger partial charge in [-0.25, -0.2) is 0 Å². The van der Waals surface area contributed by atoms with Crippen molar-refractivity contribution in [1.29, 1.82) is 0 Å². The van der Waals surface area contributed by atoms with Crippen LogP contribution in [0.5, 0.6) is 5.75 Å². The lowest BCUT2D eigenvalue weighted by Crippen LogP contribution is -2.48. The van der Waals surface area contributed by atoms with Crippen LogP contribution >= 0.6 is 11.6 Å². The third-order valence-electron chi connectivity index (χ3n) is 4.14. The molecule has 0 fully saturated rings. The Morgan fingerprint density at radius 1 is 1.21 bits per heavy atom. The minimum atomic E-state index is -1.12. The van der Waals surface area contributed by atoms with Crippen molar-refractivity contribution in [3.05, 3.63) is 64.9 Å². The van der Waals surface area contributed by atoms with E-state index in [2.05, 4.69) is 10.6 Å². The van der Waals surface area contributed by atoms with Gasteiger partial charge in [0.05, 0.1) is 13.7 Å². The van der Waals surface area contributed by atoms with Crippen LogP contribution in [0.15, 0.2) is 52.9 Å². The van der Waals surface area contributed by atoms with Crippen molar-refractivity contribution in [2.75, 3.05) is 13.7 Å². The van der Waals surface area contributed by atoms with Crippen molar-refractivity contribution in [2.45, 2.75) is 12.6 Å². The number of furan rings is 1. The van der Waals surface area contributed by atoms with Crippen molar-refractivity contribution < 1.29 is 23.8 Å². The number of rotatable bonds is 7. The number of halogens is 1. The van der Waals surface area contributed by atoms with Gasteiger partial charge in [-0.2, -0.15) is 0 Å². The van der Waals surface area contributed by atoms with Crippen LogP contribution in [0.25, 0.3) is 11.0 Å². The number of hydrogen-bond donors (Lipinski definition) is 3. The standard InChI is InChI=1S/C20H19ClN2O5/c1-27-16-4-2-3-13-9-17(28-18(13)16)20(26)23-15(11-24)19(25)22-10-12-5-7-14(21)8-6-12/h2-9,15,24H,10-11H2,1H3,(H,22,25)(H,23,26)/t15-/m0/s1. The summed E-state index contributed by atoms with van der Waals surface area (Å²) in [5.74, 6) is -0.613. The normalized spacial score (nSPS) is 11.8. The molecule has 0 saturated carbocycles. The minimum Gasteiger partial charge on any atom is -0.493 e. The number of para-hydroxylation sites is 1. The number of fused-ring (bicyclic) bond motifs is 1. The Morgan fingerprint density at radius 2 is 1.96 bits per heavy atom. The molecule has 0 spiro atoms. The molecule has 1 aromatic heterocycles. The number of hydrogen-bond acceptors (Lipinski definition) is 5. The smallest absolute Gasteiger partial charge is 0.287 e. The molecule has 0 unspecified atom stereocenters. The molecule has 1 atom stereocenters. The van der Waals surface area contributed by atoms with Crippen LogP contribution in [-0.2, 0) is 11.3 Å². The number of ether oxygens (including phenoxy) is 1. The Bertz CT molecular complexity index is 984. The van der Waals surface area contributed by atoms with Crippen LogP contribution in [-0.4, -0.2) is 36.7 Å². The van der Waals surface area contributed by atoms with Gasteiger partial charge in [0.1, 0.15) is 6.04 Å². The van der Waals surface area contributed by atoms with Gasteiger partial charge in [0.2, 0.25) is 5.91 Å². The molecular formula is C20H19ClN2O5. The molecule has 0 saturated heterocycles. The number of carbonyl (C=O) groups is 2. The highest BCUT2D eigenvalue weighted by Gasteiger charge is 2.23. The molecule has 0 radical (unpaired) electrons. The average molecular weight is 403 g/mol. The highest BCUT2D eigenvalue weighted by Crippen LogP contribution is 2.28. The Hall–Kier alpha value is -3.03. The van der Waals surface area contributed by atoms with Crippen molar-refractivity contribution in [3.63, 3.8) is 0 Å². The van der Waals surface area contributed by atoms with E-state index in [1.165, 1.54) is 7.11 Å². The minimum absolute atomic E-state index is 0.0171. The van der Waals surface area contributed by atoms with E-state index in [0.717, 1.165) is 5.56 Å². The maximum atomic E-state index is 12.4. The van der Waals surface area contributed by atoms with Crippen LogP contribution < -0.4 is 15.4 Å². The van der Waals surface area contributed by atoms with Gasteiger partial charge in [-0.1, -0.05) is 35.9 Å². The number of amides is 2. The zero-order valence-corrected chi connectivity index (χ0v) is 15.8. The summed E-state index contributed by atoms with van der Waals surface area (Å²) in [6, 6.07) is 12.7. The third kappa shape index (κ3) is 4.44. The average Bonchev–Trinajstić information content (AvgIpc) is 3.15. The number of aliphatic hydroxyl groups excluding tert-OH is 1. The van der Waals surface area contributed by atoms with Crippen molar-refractivity contribution in [3.8, 4) is 5.75 Å². The maximum absolute atomic E-state index is 12.4. The largest absolute Gasteiger partial charge is 0.493 e. The van der Waals surface area contributed by atoms with Gasteiger partial charge in [0.15, 0.2) is 17.1 Å². The van der Waals surface area contributed by atoms with E-state index < -0.39 is 24.5 Å². The van der Waals surface area contributed by atoms with Crippen LogP contribution in [0.3, 0.4) is 0 Å². The number of benzene rings is 2. The monoisotopic (exact) mass is 402 g/mol. The van der Waals surface area contributed by atoms with Gasteiger partial charge in [-0.15, -0.1) is 0 Å². The topological polar surface area (TPSA) is 101 Å². The Morgan fingerprint density at radius 3 is 2.64 bits per heavy atom. The summed E-state index contributed by atoms with van der Waals surface area (Å²) in [6.07, 6.45) is 0. The summed E-state index contributed by atoms with van der Waals surface area (Å²) < 4.78 is 10.8. The molecule has 28 heavy (non-hydrogen) atoms. The molecule has 0 aliphatic heterocycles. The molecule has 1 heterocycles. The highest BCUT2D eigenvalue weighted by molar-refractivity contribution is 6.30. The van der Waals surface area contributed by atoms with E-state index in [1.807, 2.05) is 0 Å². The third-order valence-corrected chi connectivity index (χ3v) is 4.39. The molecule has 0 aliphatic rings. The second kappa shape index (κ2) is 8.77. The summed E-state index contributed by atoms with van der Waals surface area (Å²) in [4.78, 5) is 24.7. The number of carbonyl (C=O) groups excluding carboxylic acids is 2. The van der Waals surface area contributed by atoms with Gasteiger partial charge in [-0.3, -0.25) is 9.59 Å². The zero-order chi connectivity index (χ0) is 20.1. The van der Waals surface area contributed by atoms with Crippen LogP contribution in [0.2, 0.25) is 5.02 Å². The molecular weight excluding hydrogens is 384 g/mol. The molecule has 0 bridgehead atoms. The Balaban J connectivity index is 1.65. The van der Waals surface area contributed by atoms with Gasteiger partial charge in [0.25, 0.3) is 5.91 Å². The second-order valence-corrected chi connectivity index (χ2v) is 6.48. The summed E-state index contributed by atoms with van der Waals surface area (Å²) in [6.45, 7) is -0.314. The molecule has 146 valence electrons. The number of methoxy groups -OCH3 is 1. The van der Waals surface area contributed by atoms with Crippen molar-refractivity contribution in [2.24, 2.45) is 0 Å². The van der Waals surface area contributed by atoms with Crippen LogP contribution in [0, 0.1) is 0 Å². The summed E-state index contributed by atoms with van der Waals surface area (Å²) in [7, 11) is 1.50. The first-order valence-corrected chi connectivity index (χ1v) is 8.90. The van der Waals surface area contributed by atoms with Crippen LogP contribution in [0.4, 0.5) is 0 Å². The second-order valence-electron chi connectivity index (χ2n) is 6.04. The van der Waals surface area contributed by atoms with Crippen molar-refractivity contribution in [1.82, 2.24) is 10.6 Å². The lowest BCUT2D eigenvalue weighted by Gasteiger charge is -2.15. The molecule has 7 nitrogen and oxygen atoms in total. The molecule has 0 aliphatic carbocycles. The predicted octanol–water partition coefficient (Wildman–Crippen LogP) is 2.50. The lowest BCUT2D eigenvalue weighted by atomic mass is 10.2. The molecule has 2 amide bonds. The van der Waals surface area contributed by atoms with E-state index in [1.54, 1.807) is 48.5 Å². The number of nitrogens with one attached hydrogen (secondary N) is 2. The summed E-state index contributed by atoms with van der Waals surface area (Å²) >= 11 is 5.83. The van der Waals surface area contributed by atoms with E-state index in [4.69, 9.17) is 20.8 Å². The van der Waals surface area contributed by atoms with Crippen molar-refractivity contribution >= 4 is 34.4 Å².